The molecule has 2 aromatic rings. The summed E-state index contributed by atoms with van der Waals surface area (Å²) in [5.41, 5.74) is 4.99. The Morgan fingerprint density at radius 3 is 2.67 bits per heavy atom. The molecular weight excluding hydrogens is 220 g/mol. The number of aryl methyl sites for hydroxylation is 1. The summed E-state index contributed by atoms with van der Waals surface area (Å²) in [6.07, 6.45) is 3.80. The highest BCUT2D eigenvalue weighted by molar-refractivity contribution is 5.52. The van der Waals surface area contributed by atoms with Gasteiger partial charge in [0, 0.05) is 24.6 Å². The van der Waals surface area contributed by atoms with Crippen molar-refractivity contribution in [1.29, 1.82) is 0 Å². The topological polar surface area (TPSA) is 24.9 Å². The summed E-state index contributed by atoms with van der Waals surface area (Å²) in [7, 11) is 0. The third kappa shape index (κ3) is 3.10. The zero-order chi connectivity index (χ0) is 13.0. The van der Waals surface area contributed by atoms with Crippen LogP contribution in [0.15, 0.2) is 42.7 Å². The third-order valence-corrected chi connectivity index (χ3v) is 3.00. The Kier molecular flexibility index (Phi) is 3.98. The molecule has 0 radical (unpaired) electrons. The zero-order valence-electron chi connectivity index (χ0n) is 11.3. The number of rotatable bonds is 4. The van der Waals surface area contributed by atoms with Crippen LogP contribution in [-0.2, 0) is 6.54 Å². The van der Waals surface area contributed by atoms with Gasteiger partial charge in [-0.05, 0) is 35.6 Å². The first-order chi connectivity index (χ1) is 8.66. The Balaban J connectivity index is 2.11. The van der Waals surface area contributed by atoms with Gasteiger partial charge < -0.3 is 5.32 Å². The van der Waals surface area contributed by atoms with E-state index in [4.69, 9.17) is 0 Å². The van der Waals surface area contributed by atoms with E-state index in [0.29, 0.717) is 5.92 Å². The lowest BCUT2D eigenvalue weighted by atomic mass is 10.0. The fourth-order valence-corrected chi connectivity index (χ4v) is 2.07. The molecule has 1 heterocycles. The van der Waals surface area contributed by atoms with Crippen LogP contribution < -0.4 is 5.32 Å². The number of para-hydroxylation sites is 1. The molecule has 0 bridgehead atoms. The van der Waals surface area contributed by atoms with Gasteiger partial charge in [-0.15, -0.1) is 0 Å². The number of pyridine rings is 1. The molecule has 0 aliphatic carbocycles. The van der Waals surface area contributed by atoms with Gasteiger partial charge in [0.2, 0.25) is 0 Å². The van der Waals surface area contributed by atoms with Crippen molar-refractivity contribution in [3.8, 4) is 0 Å². The summed E-state index contributed by atoms with van der Waals surface area (Å²) in [4.78, 5) is 4.21. The summed E-state index contributed by atoms with van der Waals surface area (Å²) in [5.74, 6) is 0.532. The molecule has 1 N–H and O–H groups in total. The fraction of sp³-hybridized carbons (Fsp3) is 0.312. The van der Waals surface area contributed by atoms with Gasteiger partial charge in [-0.3, -0.25) is 4.98 Å². The molecule has 2 rings (SSSR count). The fourth-order valence-electron chi connectivity index (χ4n) is 2.07. The number of hydrogen-bond donors (Lipinski definition) is 1. The first-order valence-electron chi connectivity index (χ1n) is 6.40. The second kappa shape index (κ2) is 5.67. The minimum absolute atomic E-state index is 0.532. The minimum atomic E-state index is 0.532. The van der Waals surface area contributed by atoms with Crippen molar-refractivity contribution >= 4 is 5.69 Å². The molecule has 94 valence electrons. The van der Waals surface area contributed by atoms with E-state index in [9.17, 15) is 0 Å². The Morgan fingerprint density at radius 1 is 1.17 bits per heavy atom. The van der Waals surface area contributed by atoms with Crippen LogP contribution in [0.4, 0.5) is 5.69 Å². The lowest BCUT2D eigenvalue weighted by Gasteiger charge is -2.14. The van der Waals surface area contributed by atoms with Crippen molar-refractivity contribution < 1.29 is 0 Å². The molecule has 1 aromatic carbocycles. The van der Waals surface area contributed by atoms with Gasteiger partial charge in [-0.2, -0.15) is 0 Å². The van der Waals surface area contributed by atoms with Crippen molar-refractivity contribution in [1.82, 2.24) is 4.98 Å². The highest BCUT2D eigenvalue weighted by Crippen LogP contribution is 2.24. The molecule has 0 aliphatic heterocycles. The molecule has 0 saturated carbocycles. The van der Waals surface area contributed by atoms with E-state index in [-0.39, 0.29) is 0 Å². The quantitative estimate of drug-likeness (QED) is 0.869. The smallest absolute Gasteiger partial charge is 0.0416 e. The van der Waals surface area contributed by atoms with E-state index in [0.717, 1.165) is 6.54 Å². The van der Waals surface area contributed by atoms with Crippen LogP contribution in [0.2, 0.25) is 0 Å². The normalized spacial score (nSPS) is 10.7. The molecular formula is C16H20N2. The molecule has 0 spiro atoms. The van der Waals surface area contributed by atoms with Crippen LogP contribution in [-0.4, -0.2) is 4.98 Å². The van der Waals surface area contributed by atoms with Crippen LogP contribution in [0, 0.1) is 6.92 Å². The van der Waals surface area contributed by atoms with E-state index in [1.54, 1.807) is 0 Å². The van der Waals surface area contributed by atoms with E-state index in [1.807, 2.05) is 12.4 Å². The van der Waals surface area contributed by atoms with Crippen molar-refractivity contribution in [2.24, 2.45) is 0 Å². The van der Waals surface area contributed by atoms with Crippen molar-refractivity contribution in [2.45, 2.75) is 33.2 Å². The van der Waals surface area contributed by atoms with Gasteiger partial charge >= 0.3 is 0 Å². The molecule has 0 fully saturated rings. The van der Waals surface area contributed by atoms with E-state index >= 15 is 0 Å². The molecule has 18 heavy (non-hydrogen) atoms. The van der Waals surface area contributed by atoms with Gasteiger partial charge in [-0.25, -0.2) is 0 Å². The van der Waals surface area contributed by atoms with E-state index < -0.39 is 0 Å². The second-order valence-corrected chi connectivity index (χ2v) is 4.97. The predicted molar refractivity (Wildman–Crippen MR) is 76.8 cm³/mol. The minimum Gasteiger partial charge on any atom is -0.381 e. The largest absolute Gasteiger partial charge is 0.381 e. The Hall–Kier alpha value is -1.83. The lowest BCUT2D eigenvalue weighted by molar-refractivity contribution is 0.865. The lowest BCUT2D eigenvalue weighted by Crippen LogP contribution is -2.03. The van der Waals surface area contributed by atoms with Gasteiger partial charge in [0.1, 0.15) is 0 Å². The predicted octanol–water partition coefficient (Wildman–Crippen LogP) is 4.13. The van der Waals surface area contributed by atoms with Crippen LogP contribution in [0.1, 0.15) is 36.5 Å². The first kappa shape index (κ1) is 12.6. The average Bonchev–Trinajstić information content (AvgIpc) is 2.37. The highest BCUT2D eigenvalue weighted by atomic mass is 14.9. The van der Waals surface area contributed by atoms with Crippen molar-refractivity contribution in [3.05, 3.63) is 59.4 Å². The van der Waals surface area contributed by atoms with E-state index in [2.05, 4.69) is 61.4 Å². The Labute approximate surface area is 109 Å². The summed E-state index contributed by atoms with van der Waals surface area (Å²) in [5, 5.41) is 3.50. The summed E-state index contributed by atoms with van der Waals surface area (Å²) < 4.78 is 0. The molecule has 0 atom stereocenters. The van der Waals surface area contributed by atoms with Gasteiger partial charge in [0.05, 0.1) is 0 Å². The standard InChI is InChI=1S/C16H20N2/c1-12(2)15-6-4-5-7-16(15)18-11-14-8-13(3)9-17-10-14/h4-10,12,18H,11H2,1-3H3. The maximum Gasteiger partial charge on any atom is 0.0416 e. The number of nitrogens with one attached hydrogen (secondary N) is 1. The number of anilines is 1. The van der Waals surface area contributed by atoms with Gasteiger partial charge in [0.15, 0.2) is 0 Å². The molecule has 0 saturated heterocycles. The maximum atomic E-state index is 4.21. The average molecular weight is 240 g/mol. The Bertz CT molecular complexity index is 518. The number of nitrogens with zero attached hydrogens (tertiary/aromatic N) is 1. The Morgan fingerprint density at radius 2 is 1.94 bits per heavy atom. The molecule has 0 amide bonds. The second-order valence-electron chi connectivity index (χ2n) is 4.97. The molecule has 2 nitrogen and oxygen atoms in total. The highest BCUT2D eigenvalue weighted by Gasteiger charge is 2.05. The van der Waals surface area contributed by atoms with Crippen LogP contribution in [0.3, 0.4) is 0 Å². The molecule has 2 heteroatoms. The SMILES string of the molecule is Cc1cncc(CNc2ccccc2C(C)C)c1. The van der Waals surface area contributed by atoms with Crippen LogP contribution in [0.25, 0.3) is 0 Å². The summed E-state index contributed by atoms with van der Waals surface area (Å²) in [6, 6.07) is 10.6. The van der Waals surface area contributed by atoms with Gasteiger partial charge in [-0.1, -0.05) is 38.1 Å². The number of benzene rings is 1. The van der Waals surface area contributed by atoms with Crippen molar-refractivity contribution in [3.63, 3.8) is 0 Å². The molecule has 1 aromatic heterocycles. The number of aromatic nitrogens is 1. The zero-order valence-corrected chi connectivity index (χ0v) is 11.3. The summed E-state index contributed by atoms with van der Waals surface area (Å²) >= 11 is 0. The third-order valence-electron chi connectivity index (χ3n) is 3.00. The summed E-state index contributed by atoms with van der Waals surface area (Å²) in [6.45, 7) is 7.32. The molecule has 0 aliphatic rings. The molecule has 0 unspecified atom stereocenters. The van der Waals surface area contributed by atoms with Gasteiger partial charge in [0.25, 0.3) is 0 Å². The van der Waals surface area contributed by atoms with Crippen LogP contribution in [0.5, 0.6) is 0 Å². The van der Waals surface area contributed by atoms with Crippen molar-refractivity contribution in [2.75, 3.05) is 5.32 Å². The van der Waals surface area contributed by atoms with Crippen LogP contribution >= 0.6 is 0 Å². The van der Waals surface area contributed by atoms with E-state index in [1.165, 1.54) is 22.4 Å². The monoisotopic (exact) mass is 240 g/mol. The first-order valence-corrected chi connectivity index (χ1v) is 6.40. The maximum absolute atomic E-state index is 4.21. The number of hydrogen-bond acceptors (Lipinski definition) is 2.